The van der Waals surface area contributed by atoms with E-state index in [1.54, 1.807) is 30.1 Å². The van der Waals surface area contributed by atoms with Crippen LogP contribution in [0.25, 0.3) is 0 Å². The lowest BCUT2D eigenvalue weighted by Gasteiger charge is -2.06. The Morgan fingerprint density at radius 1 is 1.60 bits per heavy atom. The van der Waals surface area contributed by atoms with E-state index in [2.05, 4.69) is 16.0 Å². The van der Waals surface area contributed by atoms with Crippen molar-refractivity contribution in [2.24, 2.45) is 0 Å². The second-order valence-electron chi connectivity index (χ2n) is 4.07. The molecule has 2 aromatic heterocycles. The molecule has 0 unspecified atom stereocenters. The smallest absolute Gasteiger partial charge is 0.187 e. The Labute approximate surface area is 125 Å². The molecule has 2 aromatic rings. The van der Waals surface area contributed by atoms with Crippen LogP contribution in [-0.2, 0) is 0 Å². The number of carbonyl (C=O) groups is 1. The number of ketones is 1. The van der Waals surface area contributed by atoms with E-state index >= 15 is 0 Å². The molecule has 0 spiro atoms. The van der Waals surface area contributed by atoms with E-state index in [1.807, 2.05) is 19.2 Å². The first-order valence-corrected chi connectivity index (χ1v) is 7.97. The maximum atomic E-state index is 12.4. The Kier molecular flexibility index (Phi) is 4.88. The first kappa shape index (κ1) is 14.7. The number of pyridine rings is 1. The van der Waals surface area contributed by atoms with Crippen LogP contribution in [0, 0.1) is 18.3 Å². The van der Waals surface area contributed by atoms with Gasteiger partial charge in [-0.1, -0.05) is 6.92 Å². The van der Waals surface area contributed by atoms with Gasteiger partial charge >= 0.3 is 0 Å². The van der Waals surface area contributed by atoms with Crippen LogP contribution in [0.1, 0.15) is 33.9 Å². The normalized spacial score (nSPS) is 11.8. The number of rotatable bonds is 5. The summed E-state index contributed by atoms with van der Waals surface area (Å²) in [6, 6.07) is 5.44. The van der Waals surface area contributed by atoms with Crippen molar-refractivity contribution >= 4 is 28.9 Å². The minimum absolute atomic E-state index is 0.220. The van der Waals surface area contributed by atoms with Gasteiger partial charge in [-0.2, -0.15) is 5.26 Å². The molecule has 2 rings (SSSR count). The molecule has 0 saturated heterocycles. The van der Waals surface area contributed by atoms with Gasteiger partial charge in [-0.15, -0.1) is 23.1 Å². The fourth-order valence-corrected chi connectivity index (χ4v) is 3.16. The zero-order chi connectivity index (χ0) is 14.5. The topological polar surface area (TPSA) is 66.6 Å². The Balaban J connectivity index is 2.29. The summed E-state index contributed by atoms with van der Waals surface area (Å²) in [7, 11) is 0. The highest BCUT2D eigenvalue weighted by Gasteiger charge is 2.24. The lowest BCUT2D eigenvalue weighted by molar-refractivity contribution is 0.0978. The van der Waals surface area contributed by atoms with Gasteiger partial charge in [-0.25, -0.2) is 9.97 Å². The summed E-state index contributed by atoms with van der Waals surface area (Å²) in [5.41, 5.74) is 1.34. The number of thioether (sulfide) groups is 1. The molecule has 0 aliphatic carbocycles. The molecule has 0 aromatic carbocycles. The third-order valence-corrected chi connectivity index (χ3v) is 4.42. The Bertz CT molecular complexity index is 660. The number of aryl methyl sites for hydroxylation is 1. The van der Waals surface area contributed by atoms with Gasteiger partial charge in [0, 0.05) is 22.8 Å². The summed E-state index contributed by atoms with van der Waals surface area (Å²) in [5, 5.41) is 12.5. The summed E-state index contributed by atoms with van der Waals surface area (Å²) in [6.45, 7) is 3.87. The molecular weight excluding hydrogens is 290 g/mol. The van der Waals surface area contributed by atoms with Gasteiger partial charge in [0.05, 0.1) is 11.1 Å². The van der Waals surface area contributed by atoms with Gasteiger partial charge in [0.1, 0.15) is 5.01 Å². The number of nitrogens with zero attached hydrogens (tertiary/aromatic N) is 3. The van der Waals surface area contributed by atoms with E-state index in [4.69, 9.17) is 0 Å². The van der Waals surface area contributed by atoms with Gasteiger partial charge in [-0.05, 0) is 24.8 Å². The van der Waals surface area contributed by atoms with Crippen LogP contribution in [0.2, 0.25) is 0 Å². The summed E-state index contributed by atoms with van der Waals surface area (Å²) >= 11 is 2.91. The number of nitriles is 1. The lowest BCUT2D eigenvalue weighted by Crippen LogP contribution is -2.11. The molecule has 6 heteroatoms. The van der Waals surface area contributed by atoms with E-state index in [0.29, 0.717) is 10.6 Å². The van der Waals surface area contributed by atoms with Crippen molar-refractivity contribution in [1.82, 2.24) is 9.97 Å². The fraction of sp³-hybridized carbons (Fsp3) is 0.286. The number of hydrogen-bond donors (Lipinski definition) is 0. The second-order valence-corrected chi connectivity index (χ2v) is 6.24. The third kappa shape index (κ3) is 3.24. The molecule has 0 N–H and O–H groups in total. The van der Waals surface area contributed by atoms with E-state index in [-0.39, 0.29) is 5.78 Å². The zero-order valence-electron chi connectivity index (χ0n) is 11.2. The van der Waals surface area contributed by atoms with Gasteiger partial charge < -0.3 is 0 Å². The Hall–Kier alpha value is -1.71. The molecule has 0 saturated carbocycles. The minimum Gasteiger partial charge on any atom is -0.292 e. The van der Waals surface area contributed by atoms with Crippen molar-refractivity contribution < 1.29 is 4.79 Å². The number of hydrogen-bond acceptors (Lipinski definition) is 6. The first-order chi connectivity index (χ1) is 9.65. The Morgan fingerprint density at radius 3 is 3.00 bits per heavy atom. The quantitative estimate of drug-likeness (QED) is 0.625. The molecule has 0 fully saturated rings. The molecule has 1 atom stereocenters. The molecular formula is C14H13N3OS2. The van der Waals surface area contributed by atoms with Crippen LogP contribution in [0.5, 0.6) is 0 Å². The second kappa shape index (κ2) is 6.64. The minimum atomic E-state index is -0.837. The van der Waals surface area contributed by atoms with Crippen molar-refractivity contribution in [3.8, 4) is 6.07 Å². The van der Waals surface area contributed by atoms with Gasteiger partial charge in [0.15, 0.2) is 11.7 Å². The van der Waals surface area contributed by atoms with E-state index < -0.39 is 5.92 Å². The predicted octanol–water partition coefficient (Wildman–Crippen LogP) is 3.45. The largest absolute Gasteiger partial charge is 0.292 e. The first-order valence-electron chi connectivity index (χ1n) is 6.10. The molecule has 0 amide bonds. The van der Waals surface area contributed by atoms with Crippen LogP contribution < -0.4 is 0 Å². The summed E-state index contributed by atoms with van der Waals surface area (Å²) in [6.07, 6.45) is 1.60. The summed E-state index contributed by atoms with van der Waals surface area (Å²) in [5.74, 6) is -0.171. The molecule has 0 radical (unpaired) electrons. The van der Waals surface area contributed by atoms with Crippen LogP contribution >= 0.6 is 23.1 Å². The number of Topliss-reactive ketones (excluding diaryl/α,β-unsaturated/α-hetero) is 1. The van der Waals surface area contributed by atoms with E-state index in [1.165, 1.54) is 11.3 Å². The van der Waals surface area contributed by atoms with Crippen LogP contribution in [-0.4, -0.2) is 21.5 Å². The monoisotopic (exact) mass is 303 g/mol. The van der Waals surface area contributed by atoms with Crippen molar-refractivity contribution in [1.29, 1.82) is 5.26 Å². The maximum absolute atomic E-state index is 12.4. The molecule has 0 bridgehead atoms. The summed E-state index contributed by atoms with van der Waals surface area (Å²) < 4.78 is 0. The molecule has 2 heterocycles. The van der Waals surface area contributed by atoms with Crippen LogP contribution in [0.15, 0.2) is 28.7 Å². The molecule has 0 aliphatic heterocycles. The van der Waals surface area contributed by atoms with E-state index in [9.17, 15) is 10.1 Å². The molecule has 4 nitrogen and oxygen atoms in total. The van der Waals surface area contributed by atoms with Crippen molar-refractivity contribution in [2.45, 2.75) is 24.8 Å². The predicted molar refractivity (Wildman–Crippen MR) is 80.2 cm³/mol. The van der Waals surface area contributed by atoms with Crippen LogP contribution in [0.3, 0.4) is 0 Å². The molecule has 0 aliphatic rings. The lowest BCUT2D eigenvalue weighted by atomic mass is 10.0. The molecule has 102 valence electrons. The van der Waals surface area contributed by atoms with Crippen molar-refractivity contribution in [3.63, 3.8) is 0 Å². The Morgan fingerprint density at radius 2 is 2.40 bits per heavy atom. The van der Waals surface area contributed by atoms with Gasteiger partial charge in [-0.3, -0.25) is 4.79 Å². The van der Waals surface area contributed by atoms with Crippen LogP contribution in [0.4, 0.5) is 0 Å². The van der Waals surface area contributed by atoms with E-state index in [0.717, 1.165) is 16.5 Å². The highest BCUT2D eigenvalue weighted by atomic mass is 32.2. The number of thiazole rings is 1. The van der Waals surface area contributed by atoms with Gasteiger partial charge in [0.2, 0.25) is 0 Å². The highest BCUT2D eigenvalue weighted by molar-refractivity contribution is 7.99. The number of aromatic nitrogens is 2. The zero-order valence-corrected chi connectivity index (χ0v) is 12.8. The highest BCUT2D eigenvalue weighted by Crippen LogP contribution is 2.25. The maximum Gasteiger partial charge on any atom is 0.187 e. The summed E-state index contributed by atoms with van der Waals surface area (Å²) in [4.78, 5) is 20.9. The third-order valence-electron chi connectivity index (χ3n) is 2.59. The average Bonchev–Trinajstić information content (AvgIpc) is 2.87. The van der Waals surface area contributed by atoms with Crippen molar-refractivity contribution in [2.75, 3.05) is 5.75 Å². The average molecular weight is 303 g/mol. The van der Waals surface area contributed by atoms with Crippen molar-refractivity contribution in [3.05, 3.63) is 40.0 Å². The fourth-order valence-electron chi connectivity index (χ4n) is 1.69. The standard InChI is InChI=1S/C14H13N3OS2/c1-3-19-12-6-10(4-5-16-12)13(18)11(7-15)14-17-9(2)8-20-14/h4-6,8,11H,3H2,1-2H3/t11-/m1/s1. The number of carbonyl (C=O) groups excluding carboxylic acids is 1. The molecule has 20 heavy (non-hydrogen) atoms. The SMILES string of the molecule is CCSc1cc(C(=O)[C@@H](C#N)c2nc(C)cs2)ccn1. The van der Waals surface area contributed by atoms with Gasteiger partial charge in [0.25, 0.3) is 0 Å².